The maximum Gasteiger partial charge on any atom is 0.303 e. The second-order valence-corrected chi connectivity index (χ2v) is 22.5. The third-order valence-electron chi connectivity index (χ3n) is 12.1. The highest BCUT2D eigenvalue weighted by Gasteiger charge is 2.23. The summed E-state index contributed by atoms with van der Waals surface area (Å²) < 4.78 is 106. The van der Waals surface area contributed by atoms with Gasteiger partial charge >= 0.3 is 5.97 Å². The molecule has 7 rings (SSSR count). The molecule has 1 amide bonds. The number of aryl methyl sites for hydroxylation is 5. The van der Waals surface area contributed by atoms with Crippen LogP contribution in [0.4, 0.5) is 39.8 Å². The van der Waals surface area contributed by atoms with Crippen molar-refractivity contribution in [2.75, 3.05) is 17.7 Å². The van der Waals surface area contributed by atoms with Gasteiger partial charge in [-0.2, -0.15) is 50.8 Å². The summed E-state index contributed by atoms with van der Waals surface area (Å²) in [5.74, 6) is -2.79. The van der Waals surface area contributed by atoms with Crippen LogP contribution in [0.25, 0.3) is 21.5 Å². The zero-order chi connectivity index (χ0) is 56.7. The number of nitrogens with zero attached hydrogens (tertiary/aromatic N) is 6. The molecule has 22 nitrogen and oxygen atoms in total. The van der Waals surface area contributed by atoms with E-state index < -0.39 is 69.2 Å². The Hall–Kier alpha value is -8.20. The fourth-order valence-electron chi connectivity index (χ4n) is 8.00. The SMILES string of the molecule is Cc1cc(N=Nc2cc(C)c(N=Nc3c(S(=O)(=O)O)cc4cc(CCCC(=O)c5ccc(NC(=O)CCC(=O)O)cc5)ccc4c3O)cc2C)c(C)cc1N=Nc1ccc2cc(S(=O)(=O)O)cc(OCCCS(=O)(=O)O)c2c1. The Morgan fingerprint density at radius 2 is 1.17 bits per heavy atom. The first-order chi connectivity index (χ1) is 36.7. The minimum atomic E-state index is -4.93. The minimum Gasteiger partial charge on any atom is -0.505 e. The van der Waals surface area contributed by atoms with Crippen molar-refractivity contribution < 1.29 is 68.2 Å². The molecule has 0 radical (unpaired) electrons. The highest BCUT2D eigenvalue weighted by Crippen LogP contribution is 2.43. The van der Waals surface area contributed by atoms with Gasteiger partial charge in [0.25, 0.3) is 30.4 Å². The number of ketones is 1. The van der Waals surface area contributed by atoms with Gasteiger partial charge in [0.1, 0.15) is 16.3 Å². The van der Waals surface area contributed by atoms with E-state index in [1.54, 1.807) is 106 Å². The summed E-state index contributed by atoms with van der Waals surface area (Å²) in [4.78, 5) is 34.5. The van der Waals surface area contributed by atoms with E-state index in [1.807, 2.05) is 6.92 Å². The molecule has 25 heteroatoms. The monoisotopic (exact) mass is 1120 g/mol. The molecule has 0 saturated carbocycles. The van der Waals surface area contributed by atoms with Crippen molar-refractivity contribution in [3.05, 3.63) is 137 Å². The number of fused-ring (bicyclic) bond motifs is 2. The third-order valence-corrected chi connectivity index (χ3v) is 14.6. The third kappa shape index (κ3) is 15.0. The van der Waals surface area contributed by atoms with Gasteiger partial charge in [-0.3, -0.25) is 28.0 Å². The Morgan fingerprint density at radius 3 is 1.73 bits per heavy atom. The molecule has 0 aromatic heterocycles. The lowest BCUT2D eigenvalue weighted by Gasteiger charge is -2.11. The standard InChI is InChI=1S/C53H51N7O15S3/c1-30-22-44(31(2)21-43(30)56-55-39-15-12-36-26-40(77(69,70)71)29-48(42(36)28-39)75-19-6-20-76(66,67)68)57-58-45-23-33(4)46(24-32(45)3)59-60-52-49(78(72,73)74)27-37-25-34(9-16-41(37)53(52)65)7-5-8-47(61)35-10-13-38(14-11-35)54-50(62)17-18-51(63)64/h9-16,21-29,65H,5-8,17-20H2,1-4H3,(H,54,62)(H,63,64)(H,66,67,68)(H,69,70,71)(H,72,73,74). The van der Waals surface area contributed by atoms with Crippen molar-refractivity contribution in [2.24, 2.45) is 30.7 Å². The van der Waals surface area contributed by atoms with Crippen molar-refractivity contribution in [2.45, 2.75) is 76.0 Å². The van der Waals surface area contributed by atoms with E-state index in [2.05, 4.69) is 36.0 Å². The number of hydrogen-bond donors (Lipinski definition) is 6. The molecule has 78 heavy (non-hydrogen) atoms. The first-order valence-electron chi connectivity index (χ1n) is 23.7. The summed E-state index contributed by atoms with van der Waals surface area (Å²) in [5.41, 5.74) is 5.83. The average molecular weight is 1120 g/mol. The summed E-state index contributed by atoms with van der Waals surface area (Å²) in [6, 6.07) is 26.3. The highest BCUT2D eigenvalue weighted by atomic mass is 32.2. The van der Waals surface area contributed by atoms with E-state index >= 15 is 0 Å². The van der Waals surface area contributed by atoms with Crippen LogP contribution in [0.5, 0.6) is 11.5 Å². The Morgan fingerprint density at radius 1 is 0.577 bits per heavy atom. The molecule has 6 N–H and O–H groups in total. The van der Waals surface area contributed by atoms with Crippen LogP contribution in [-0.2, 0) is 46.4 Å². The summed E-state index contributed by atoms with van der Waals surface area (Å²) in [6.45, 7) is 6.90. The molecule has 0 aliphatic carbocycles. The van der Waals surface area contributed by atoms with E-state index in [-0.39, 0.29) is 54.6 Å². The minimum absolute atomic E-state index is 0.0276. The number of carboxylic acid groups (broad SMARTS) is 1. The van der Waals surface area contributed by atoms with Crippen LogP contribution in [0.2, 0.25) is 0 Å². The number of hydrogen-bond acceptors (Lipinski definition) is 17. The van der Waals surface area contributed by atoms with Crippen molar-refractivity contribution in [1.82, 2.24) is 0 Å². The fourth-order valence-corrected chi connectivity index (χ4v) is 9.67. The maximum absolute atomic E-state index is 12.9. The number of amides is 1. The number of aliphatic carboxylic acids is 1. The van der Waals surface area contributed by atoms with Gasteiger partial charge < -0.3 is 20.3 Å². The fraction of sp³-hybridized carbons (Fsp3) is 0.226. The highest BCUT2D eigenvalue weighted by molar-refractivity contribution is 7.86. The number of carbonyl (C=O) groups is 3. The lowest BCUT2D eigenvalue weighted by molar-refractivity contribution is -0.138. The number of aromatic hydroxyl groups is 1. The summed E-state index contributed by atoms with van der Waals surface area (Å²) in [5, 5.41) is 50.1. The quantitative estimate of drug-likeness (QED) is 0.0159. The van der Waals surface area contributed by atoms with E-state index in [0.717, 1.165) is 11.6 Å². The largest absolute Gasteiger partial charge is 0.505 e. The number of phenolic OH excluding ortho intramolecular Hbond substituents is 1. The Labute approximate surface area is 447 Å². The second kappa shape index (κ2) is 24.0. The van der Waals surface area contributed by atoms with Crippen LogP contribution in [-0.4, -0.2) is 79.1 Å². The number of anilines is 1. The van der Waals surface area contributed by atoms with Crippen LogP contribution in [0.3, 0.4) is 0 Å². The molecule has 0 aliphatic heterocycles. The van der Waals surface area contributed by atoms with Crippen LogP contribution < -0.4 is 10.1 Å². The van der Waals surface area contributed by atoms with Gasteiger partial charge in [-0.1, -0.05) is 24.3 Å². The van der Waals surface area contributed by atoms with Crippen molar-refractivity contribution in [1.29, 1.82) is 0 Å². The molecule has 7 aromatic carbocycles. The first kappa shape index (κ1) is 57.5. The number of nitrogens with one attached hydrogen (secondary N) is 1. The van der Waals surface area contributed by atoms with Crippen LogP contribution >= 0.6 is 0 Å². The predicted molar refractivity (Wildman–Crippen MR) is 289 cm³/mol. The van der Waals surface area contributed by atoms with Gasteiger partial charge in [0.05, 0.1) is 52.1 Å². The second-order valence-electron chi connectivity index (χ2n) is 18.1. The van der Waals surface area contributed by atoms with E-state index in [9.17, 15) is 53.8 Å². The summed E-state index contributed by atoms with van der Waals surface area (Å²) in [6.07, 6.45) is 0.411. The van der Waals surface area contributed by atoms with Crippen molar-refractivity contribution in [3.63, 3.8) is 0 Å². The molecule has 0 atom stereocenters. The van der Waals surface area contributed by atoms with Gasteiger partial charge in [0.2, 0.25) is 5.91 Å². The lowest BCUT2D eigenvalue weighted by Crippen LogP contribution is -2.13. The predicted octanol–water partition coefficient (Wildman–Crippen LogP) is 12.3. The smallest absolute Gasteiger partial charge is 0.303 e. The van der Waals surface area contributed by atoms with E-state index in [4.69, 9.17) is 14.4 Å². The number of ether oxygens (including phenoxy) is 1. The first-order valence-corrected chi connectivity index (χ1v) is 28.2. The number of Topliss-reactive ketones (excluding diaryl/α,β-unsaturated/α-hetero) is 1. The number of azo groups is 3. The Kier molecular flexibility index (Phi) is 17.7. The molecule has 0 spiro atoms. The molecule has 0 fully saturated rings. The van der Waals surface area contributed by atoms with Gasteiger partial charge in [-0.15, -0.1) is 5.11 Å². The summed E-state index contributed by atoms with van der Waals surface area (Å²) in [7, 11) is -13.8. The molecule has 0 heterocycles. The summed E-state index contributed by atoms with van der Waals surface area (Å²) >= 11 is 0. The number of phenols is 1. The molecule has 7 aromatic rings. The van der Waals surface area contributed by atoms with Gasteiger partial charge in [-0.25, -0.2) is 0 Å². The lowest BCUT2D eigenvalue weighted by atomic mass is 9.99. The van der Waals surface area contributed by atoms with Crippen LogP contribution in [0, 0.1) is 27.7 Å². The van der Waals surface area contributed by atoms with Crippen LogP contribution in [0.1, 0.15) is 70.3 Å². The molecule has 0 saturated heterocycles. The zero-order valence-corrected chi connectivity index (χ0v) is 44.6. The van der Waals surface area contributed by atoms with E-state index in [0.29, 0.717) is 85.6 Å². The average Bonchev–Trinajstić information content (AvgIpc) is 3.42. The Balaban J connectivity index is 1.03. The van der Waals surface area contributed by atoms with Gasteiger partial charge in [-0.05, 0) is 158 Å². The molecular formula is C53H51N7O15S3. The maximum atomic E-state index is 12.9. The van der Waals surface area contributed by atoms with Crippen molar-refractivity contribution in [3.8, 4) is 11.5 Å². The molecular weight excluding hydrogens is 1070 g/mol. The molecule has 0 aliphatic rings. The van der Waals surface area contributed by atoms with Gasteiger partial charge in [0.15, 0.2) is 11.5 Å². The number of carbonyl (C=O) groups excluding carboxylic acids is 2. The molecule has 406 valence electrons. The number of rotatable bonds is 22. The van der Waals surface area contributed by atoms with Crippen molar-refractivity contribution >= 4 is 109 Å². The normalized spacial score (nSPS) is 12.3. The topological polar surface area (TPSA) is 350 Å². The Bertz CT molecular complexity index is 3980. The van der Waals surface area contributed by atoms with Crippen LogP contribution in [0.15, 0.2) is 144 Å². The number of benzene rings is 7. The van der Waals surface area contributed by atoms with E-state index in [1.165, 1.54) is 12.1 Å². The molecule has 0 bridgehead atoms. The number of carboxylic acids is 1. The zero-order valence-electron chi connectivity index (χ0n) is 42.2. The molecule has 0 unspecified atom stereocenters. The van der Waals surface area contributed by atoms with Gasteiger partial charge in [0, 0.05) is 40.9 Å².